The number of oxazole rings is 3. The van der Waals surface area contributed by atoms with E-state index in [2.05, 4.69) is 91.3 Å². The topological polar surface area (TPSA) is 199 Å². The van der Waals surface area contributed by atoms with Crippen LogP contribution < -0.4 is 0 Å². The molecule has 0 N–H and O–H groups in total. The van der Waals surface area contributed by atoms with Crippen molar-refractivity contribution >= 4 is 90.7 Å². The molecule has 0 aliphatic carbocycles. The normalized spacial score (nSPS) is 9.25. The Morgan fingerprint density at radius 3 is 1.18 bits per heavy atom. The van der Waals surface area contributed by atoms with E-state index in [1.807, 2.05) is 169 Å². The lowest BCUT2D eigenvalue weighted by molar-refractivity contribution is 0.494. The van der Waals surface area contributed by atoms with Crippen LogP contribution in [0.1, 0.15) is 101 Å². The van der Waals surface area contributed by atoms with Crippen molar-refractivity contribution in [3.05, 3.63) is 202 Å². The summed E-state index contributed by atoms with van der Waals surface area (Å²) < 4.78 is 16.4. The van der Waals surface area contributed by atoms with Crippen molar-refractivity contribution in [3.63, 3.8) is 0 Å². The lowest BCUT2D eigenvalue weighted by atomic mass is 10.4. The molecule has 80 heavy (non-hydrogen) atoms. The Morgan fingerprint density at radius 1 is 0.425 bits per heavy atom. The van der Waals surface area contributed by atoms with Crippen LogP contribution in [0.2, 0.25) is 0 Å². The molecular weight excluding hydrogens is 1160 g/mol. The van der Waals surface area contributed by atoms with Gasteiger partial charge in [-0.3, -0.25) is 15.0 Å². The van der Waals surface area contributed by atoms with Crippen molar-refractivity contribution in [2.45, 2.75) is 132 Å². The Labute approximate surface area is 505 Å². The minimum Gasteiger partial charge on any atom is -0.449 e. The number of aryl methyl sites for hydroxylation is 20. The third-order valence-corrected chi connectivity index (χ3v) is 14.9. The Kier molecular flexibility index (Phi) is 38.4. The predicted octanol–water partition coefficient (Wildman–Crippen LogP) is 17.4. The van der Waals surface area contributed by atoms with Gasteiger partial charge in [-0.15, -0.1) is 90.7 Å². The molecule has 0 radical (unpaired) electrons. The molecule has 0 aromatic carbocycles. The Hall–Kier alpha value is -6.12. The zero-order valence-electron chi connectivity index (χ0n) is 49.6. The zero-order valence-corrected chi connectivity index (χ0v) is 56.2. The van der Waals surface area contributed by atoms with Crippen molar-refractivity contribution in [1.82, 2.24) is 64.4 Å². The summed E-state index contributed by atoms with van der Waals surface area (Å²) in [6.07, 6.45) is 19.2. The standard InChI is InChI=1S/C6H9NS.2C5H7NO.4C5H7NS.C4H6N2.C4H5NO.3C4H5NS/c1-4-5(2)8-6(3)7-4;1-4-3-7-5(2)6-4;1-4-3-6-5(2)7-4;2*1-4-3-7-5(2)6-4;2*1-4-3-6-5(2)7-4;1-6-3-2-5-4-6;1-4-2-5-3-6-4;1-4-2-6-3-5-4;1-4-2-5-3-6-4;1-4-5-2-3-6-4/h1-3H3;6*3H,1-2H3;2-4H,1H3;4*2-3H,1H3. The van der Waals surface area contributed by atoms with Gasteiger partial charge >= 0.3 is 0 Å². The van der Waals surface area contributed by atoms with Gasteiger partial charge in [-0.2, -0.15) is 0 Å². The summed E-state index contributed by atoms with van der Waals surface area (Å²) in [5, 5.41) is 15.0. The second-order valence-electron chi connectivity index (χ2n) is 16.5. The van der Waals surface area contributed by atoms with E-state index in [1.165, 1.54) is 36.6 Å². The number of rotatable bonds is 0. The molecule has 0 unspecified atom stereocenters. The Bertz CT molecular complexity index is 2650. The summed E-state index contributed by atoms with van der Waals surface area (Å²) >= 11 is 13.6. The third kappa shape index (κ3) is 40.1. The average Bonchev–Trinajstić information content (AvgIpc) is 4.21. The lowest BCUT2D eigenvalue weighted by Gasteiger charge is -1.77. The van der Waals surface area contributed by atoms with Crippen LogP contribution in [-0.4, -0.2) is 64.4 Å². The second kappa shape index (κ2) is 42.7. The molecule has 0 atom stereocenters. The zero-order chi connectivity index (χ0) is 59.8. The van der Waals surface area contributed by atoms with Gasteiger partial charge in [0.2, 0.25) is 0 Å². The molecule has 0 saturated heterocycles. The van der Waals surface area contributed by atoms with Crippen molar-refractivity contribution in [2.24, 2.45) is 7.05 Å². The number of hydrogen-bond acceptors (Lipinski definition) is 23. The van der Waals surface area contributed by atoms with E-state index in [0.29, 0.717) is 0 Å². The van der Waals surface area contributed by atoms with Gasteiger partial charge in [0.15, 0.2) is 18.2 Å². The fourth-order valence-corrected chi connectivity index (χ4v) is 9.65. The molecule has 12 aromatic heterocycles. The molecule has 0 amide bonds. The molecule has 12 rings (SSSR count). The summed E-state index contributed by atoms with van der Waals surface area (Å²) in [4.78, 5) is 52.7. The van der Waals surface area contributed by atoms with Gasteiger partial charge in [-0.1, -0.05) is 0 Å². The maximum atomic E-state index is 4.97. The first-order valence-corrected chi connectivity index (χ1v) is 31.4. The fraction of sp³-hybridized carbons (Fsp3) is 0.357. The van der Waals surface area contributed by atoms with Crippen molar-refractivity contribution in [1.29, 1.82) is 0 Å². The molecule has 0 spiro atoms. The van der Waals surface area contributed by atoms with Gasteiger partial charge in [0.25, 0.3) is 0 Å². The highest BCUT2D eigenvalue weighted by Crippen LogP contribution is 2.14. The predicted molar refractivity (Wildman–Crippen MR) is 340 cm³/mol. The molecule has 0 saturated carbocycles. The van der Waals surface area contributed by atoms with Crippen LogP contribution in [-0.2, 0) is 7.05 Å². The lowest BCUT2D eigenvalue weighted by Crippen LogP contribution is -1.76. The number of aromatic nitrogens is 13. The van der Waals surface area contributed by atoms with Crippen LogP contribution in [0, 0.1) is 132 Å². The van der Waals surface area contributed by atoms with Crippen LogP contribution in [0.15, 0.2) is 114 Å². The van der Waals surface area contributed by atoms with E-state index in [1.54, 1.807) is 128 Å². The Morgan fingerprint density at radius 2 is 1.05 bits per heavy atom. The molecule has 0 aliphatic heterocycles. The molecule has 12 heterocycles. The van der Waals surface area contributed by atoms with Crippen LogP contribution in [0.3, 0.4) is 0 Å². The highest BCUT2D eigenvalue weighted by Gasteiger charge is 1.96. The summed E-state index contributed by atoms with van der Waals surface area (Å²) in [5.74, 6) is 3.20. The van der Waals surface area contributed by atoms with Gasteiger partial charge in [0, 0.05) is 116 Å². The van der Waals surface area contributed by atoms with Crippen LogP contribution in [0.4, 0.5) is 0 Å². The van der Waals surface area contributed by atoms with E-state index in [-0.39, 0.29) is 0 Å². The number of hydrogen-bond donors (Lipinski definition) is 0. The van der Waals surface area contributed by atoms with Crippen molar-refractivity contribution in [3.8, 4) is 0 Å². The molecule has 0 aliphatic rings. The fourth-order valence-electron chi connectivity index (χ4n) is 4.90. The van der Waals surface area contributed by atoms with Crippen LogP contribution in [0.25, 0.3) is 0 Å². The van der Waals surface area contributed by atoms with Crippen LogP contribution in [0.5, 0.6) is 0 Å². The Balaban J connectivity index is 0.000000437. The maximum absolute atomic E-state index is 4.97. The van der Waals surface area contributed by atoms with E-state index >= 15 is 0 Å². The SMILES string of the molecule is Cc1cnc(C)o1.Cc1cnc(C)s1.Cc1cnc(C)s1.Cc1cnco1.Cc1cncs1.Cc1coc(C)n1.Cc1csc(C)n1.Cc1csc(C)n1.Cc1cscn1.Cc1nc(C)c(C)s1.Cc1nccs1.Cn1ccnc1. The van der Waals surface area contributed by atoms with Crippen molar-refractivity contribution < 1.29 is 13.3 Å². The third-order valence-electron chi connectivity index (χ3n) is 8.41. The highest BCUT2D eigenvalue weighted by molar-refractivity contribution is 7.12. The molecule has 24 heteroatoms. The molecule has 0 bridgehead atoms. The van der Waals surface area contributed by atoms with E-state index < -0.39 is 0 Å². The molecule has 12 aromatic rings. The number of imidazole rings is 1. The molecular formula is C56H77N13O3S8. The number of thiazole rings is 8. The summed E-state index contributed by atoms with van der Waals surface area (Å²) in [6.45, 7) is 37.6. The van der Waals surface area contributed by atoms with E-state index in [4.69, 9.17) is 13.3 Å². The second-order valence-corrected chi connectivity index (χ2v) is 25.8. The maximum Gasteiger partial charge on any atom is 0.191 e. The first-order chi connectivity index (χ1) is 37.9. The number of nitrogens with zero attached hydrogens (tertiary/aromatic N) is 13. The summed E-state index contributed by atoms with van der Waals surface area (Å²) in [5.41, 5.74) is 9.14. The average molecular weight is 1240 g/mol. The van der Waals surface area contributed by atoms with Crippen molar-refractivity contribution in [2.75, 3.05) is 0 Å². The van der Waals surface area contributed by atoms with E-state index in [9.17, 15) is 0 Å². The monoisotopic (exact) mass is 1240 g/mol. The van der Waals surface area contributed by atoms with Gasteiger partial charge in [0.1, 0.15) is 17.8 Å². The first kappa shape index (κ1) is 71.9. The van der Waals surface area contributed by atoms with Gasteiger partial charge < -0.3 is 17.8 Å². The minimum atomic E-state index is 0.734. The quantitative estimate of drug-likeness (QED) is 0.139. The minimum absolute atomic E-state index is 0.734. The van der Waals surface area contributed by atoms with Gasteiger partial charge in [0.05, 0.1) is 71.2 Å². The van der Waals surface area contributed by atoms with E-state index in [0.717, 1.165) is 71.1 Å². The highest BCUT2D eigenvalue weighted by atomic mass is 32.1. The summed E-state index contributed by atoms with van der Waals surface area (Å²) in [7, 11) is 1.94. The van der Waals surface area contributed by atoms with Gasteiger partial charge in [-0.25, -0.2) is 44.9 Å². The first-order valence-electron chi connectivity index (χ1n) is 24.5. The van der Waals surface area contributed by atoms with Gasteiger partial charge in [-0.05, 0) is 118 Å². The largest absolute Gasteiger partial charge is 0.449 e. The molecule has 0 fully saturated rings. The smallest absolute Gasteiger partial charge is 0.191 e. The summed E-state index contributed by atoms with van der Waals surface area (Å²) in [6, 6.07) is 0. The van der Waals surface area contributed by atoms with Crippen LogP contribution >= 0.6 is 90.7 Å². The molecule has 432 valence electrons. The molecule has 16 nitrogen and oxygen atoms in total.